The number of carbonyl (C=O) groups is 5. The average Bonchev–Trinajstić information content (AvgIpc) is 3.10. The Hall–Kier alpha value is -4.33. The van der Waals surface area contributed by atoms with Gasteiger partial charge in [0.05, 0.1) is 6.04 Å². The summed E-state index contributed by atoms with van der Waals surface area (Å²) in [5.74, 6) is -2.70. The van der Waals surface area contributed by atoms with Gasteiger partial charge in [-0.05, 0) is 86.8 Å². The van der Waals surface area contributed by atoms with Crippen molar-refractivity contribution in [2.24, 2.45) is 28.5 Å². The van der Waals surface area contributed by atoms with Crippen LogP contribution < -0.4 is 33.2 Å². The maximum atomic E-state index is 14.0. The SMILES string of the molecule is CC(C)CC(NC(=O)C(Cc1ccccc1)NC(=O)C(N)Cc1ccccc1)C(=O)NC(CCCCN)C(=O)N1CCC2(CC1)CC(N)(C(=O)O)C2. The fourth-order valence-electron chi connectivity index (χ4n) is 7.51. The van der Waals surface area contributed by atoms with E-state index < -0.39 is 53.4 Å². The van der Waals surface area contributed by atoms with Gasteiger partial charge in [0.1, 0.15) is 23.7 Å². The van der Waals surface area contributed by atoms with Gasteiger partial charge in [-0.15, -0.1) is 0 Å². The average molecular weight is 720 g/mol. The van der Waals surface area contributed by atoms with Crippen LogP contribution in [0, 0.1) is 11.3 Å². The fourth-order valence-corrected chi connectivity index (χ4v) is 7.51. The molecule has 4 atom stereocenters. The van der Waals surface area contributed by atoms with E-state index in [1.165, 1.54) is 0 Å². The van der Waals surface area contributed by atoms with Crippen molar-refractivity contribution < 1.29 is 29.1 Å². The Balaban J connectivity index is 1.45. The molecule has 1 aliphatic heterocycles. The van der Waals surface area contributed by atoms with Gasteiger partial charge < -0.3 is 43.2 Å². The molecule has 10 N–H and O–H groups in total. The number of hydrogen-bond donors (Lipinski definition) is 7. The van der Waals surface area contributed by atoms with Crippen LogP contribution in [-0.2, 0) is 36.8 Å². The van der Waals surface area contributed by atoms with Crippen LogP contribution in [0.15, 0.2) is 60.7 Å². The molecule has 1 saturated carbocycles. The number of benzene rings is 2. The number of unbranched alkanes of at least 4 members (excludes halogenated alkanes) is 1. The van der Waals surface area contributed by atoms with Gasteiger partial charge in [-0.25, -0.2) is 0 Å². The van der Waals surface area contributed by atoms with Gasteiger partial charge in [0.15, 0.2) is 0 Å². The van der Waals surface area contributed by atoms with Crippen LogP contribution in [0.5, 0.6) is 0 Å². The van der Waals surface area contributed by atoms with Crippen LogP contribution >= 0.6 is 0 Å². The first-order valence-corrected chi connectivity index (χ1v) is 18.5. The van der Waals surface area contributed by atoms with Crippen molar-refractivity contribution in [1.82, 2.24) is 20.9 Å². The zero-order valence-electron chi connectivity index (χ0n) is 30.5. The predicted octanol–water partition coefficient (Wildman–Crippen LogP) is 1.61. The first kappa shape index (κ1) is 40.4. The first-order chi connectivity index (χ1) is 24.7. The number of carboxylic acids is 1. The molecule has 284 valence electrons. The lowest BCUT2D eigenvalue weighted by atomic mass is 9.54. The molecule has 13 heteroatoms. The molecular weight excluding hydrogens is 662 g/mol. The van der Waals surface area contributed by atoms with Gasteiger partial charge >= 0.3 is 5.97 Å². The number of carbonyl (C=O) groups excluding carboxylic acids is 4. The van der Waals surface area contributed by atoms with E-state index in [1.807, 2.05) is 74.5 Å². The second kappa shape index (κ2) is 18.4. The Morgan fingerprint density at radius 3 is 1.83 bits per heavy atom. The summed E-state index contributed by atoms with van der Waals surface area (Å²) in [7, 11) is 0. The van der Waals surface area contributed by atoms with Gasteiger partial charge in [0.2, 0.25) is 23.6 Å². The molecule has 1 spiro atoms. The second-order valence-electron chi connectivity index (χ2n) is 15.2. The Morgan fingerprint density at radius 2 is 1.29 bits per heavy atom. The minimum absolute atomic E-state index is 0.0186. The Kier molecular flexibility index (Phi) is 14.3. The second-order valence-corrected chi connectivity index (χ2v) is 15.2. The summed E-state index contributed by atoms with van der Waals surface area (Å²) in [4.78, 5) is 68.4. The lowest BCUT2D eigenvalue weighted by Gasteiger charge is -2.55. The maximum absolute atomic E-state index is 14.0. The standard InChI is InChI=1S/C39H57N7O6/c1-26(2)21-31(45-35(49)32(23-28-13-7-4-8-14-28)44-33(47)29(41)22-27-11-5-3-6-12-27)34(48)43-30(15-9-10-18-40)36(50)46-19-16-38(17-20-46)24-39(42,25-38)37(51)52/h3-8,11-14,26,29-32H,9-10,15-25,40-42H2,1-2H3,(H,43,48)(H,44,47)(H,45,49)(H,51,52). The summed E-state index contributed by atoms with van der Waals surface area (Å²) in [5.41, 5.74) is 18.4. The number of aliphatic carboxylic acids is 1. The van der Waals surface area contributed by atoms with Crippen LogP contribution in [0.25, 0.3) is 0 Å². The molecule has 2 aromatic carbocycles. The van der Waals surface area contributed by atoms with Gasteiger partial charge in [0.25, 0.3) is 0 Å². The molecule has 2 fully saturated rings. The van der Waals surface area contributed by atoms with Gasteiger partial charge in [-0.3, -0.25) is 24.0 Å². The number of hydrogen-bond acceptors (Lipinski definition) is 8. The number of nitrogens with one attached hydrogen (secondary N) is 3. The van der Waals surface area contributed by atoms with E-state index in [2.05, 4.69) is 16.0 Å². The van der Waals surface area contributed by atoms with Gasteiger partial charge in [0, 0.05) is 19.5 Å². The van der Waals surface area contributed by atoms with Gasteiger partial charge in [-0.2, -0.15) is 0 Å². The highest BCUT2D eigenvalue weighted by atomic mass is 16.4. The van der Waals surface area contributed by atoms with E-state index >= 15 is 0 Å². The van der Waals surface area contributed by atoms with E-state index in [-0.39, 0.29) is 23.7 Å². The molecule has 0 radical (unpaired) electrons. The monoisotopic (exact) mass is 719 g/mol. The zero-order valence-corrected chi connectivity index (χ0v) is 30.5. The minimum Gasteiger partial charge on any atom is -0.480 e. The maximum Gasteiger partial charge on any atom is 0.323 e. The highest BCUT2D eigenvalue weighted by molar-refractivity contribution is 5.95. The van der Waals surface area contributed by atoms with Crippen LogP contribution in [0.2, 0.25) is 0 Å². The molecule has 0 aromatic heterocycles. The van der Waals surface area contributed by atoms with Crippen LogP contribution in [0.1, 0.15) is 76.3 Å². The lowest BCUT2D eigenvalue weighted by molar-refractivity contribution is -0.158. The normalized spacial score (nSPS) is 18.4. The predicted molar refractivity (Wildman–Crippen MR) is 198 cm³/mol. The molecule has 2 aliphatic rings. The first-order valence-electron chi connectivity index (χ1n) is 18.5. The van der Waals surface area contributed by atoms with Crippen LogP contribution in [0.4, 0.5) is 0 Å². The highest BCUT2D eigenvalue weighted by Crippen LogP contribution is 2.53. The van der Waals surface area contributed by atoms with Crippen molar-refractivity contribution >= 4 is 29.6 Å². The highest BCUT2D eigenvalue weighted by Gasteiger charge is 2.57. The number of amides is 4. The molecule has 0 bridgehead atoms. The van der Waals surface area contributed by atoms with Gasteiger partial charge in [-0.1, -0.05) is 74.5 Å². The number of piperidine rings is 1. The number of nitrogens with two attached hydrogens (primary N) is 3. The van der Waals surface area contributed by atoms with Crippen molar-refractivity contribution in [1.29, 1.82) is 0 Å². The Labute approximate surface area is 306 Å². The van der Waals surface area contributed by atoms with E-state index in [1.54, 1.807) is 4.90 Å². The number of likely N-dealkylation sites (tertiary alicyclic amines) is 1. The molecular formula is C39H57N7O6. The molecule has 52 heavy (non-hydrogen) atoms. The lowest BCUT2D eigenvalue weighted by Crippen LogP contribution is -2.65. The number of carboxylic acid groups (broad SMARTS) is 1. The zero-order chi connectivity index (χ0) is 37.9. The van der Waals surface area contributed by atoms with Crippen molar-refractivity contribution in [3.8, 4) is 0 Å². The largest absolute Gasteiger partial charge is 0.480 e. The summed E-state index contributed by atoms with van der Waals surface area (Å²) in [5, 5.41) is 18.1. The van der Waals surface area contributed by atoms with Crippen molar-refractivity contribution in [3.63, 3.8) is 0 Å². The molecule has 4 amide bonds. The van der Waals surface area contributed by atoms with Crippen molar-refractivity contribution in [2.45, 2.75) is 108 Å². The van der Waals surface area contributed by atoms with E-state index in [0.29, 0.717) is 77.4 Å². The molecule has 13 nitrogen and oxygen atoms in total. The number of rotatable bonds is 18. The Bertz CT molecular complexity index is 1510. The third kappa shape index (κ3) is 11.1. The quantitative estimate of drug-likeness (QED) is 0.111. The Morgan fingerprint density at radius 1 is 0.769 bits per heavy atom. The summed E-state index contributed by atoms with van der Waals surface area (Å²) >= 11 is 0. The van der Waals surface area contributed by atoms with Crippen molar-refractivity contribution in [3.05, 3.63) is 71.8 Å². The van der Waals surface area contributed by atoms with Crippen LogP contribution in [0.3, 0.4) is 0 Å². The summed E-state index contributed by atoms with van der Waals surface area (Å²) < 4.78 is 0. The number of nitrogens with zero attached hydrogens (tertiary/aromatic N) is 1. The minimum atomic E-state index is -1.21. The molecule has 1 aliphatic carbocycles. The molecule has 1 heterocycles. The van der Waals surface area contributed by atoms with E-state index in [4.69, 9.17) is 17.2 Å². The summed E-state index contributed by atoms with van der Waals surface area (Å²) in [6, 6.07) is 14.9. The third-order valence-electron chi connectivity index (χ3n) is 10.4. The van der Waals surface area contributed by atoms with Crippen molar-refractivity contribution in [2.75, 3.05) is 19.6 Å². The smallest absolute Gasteiger partial charge is 0.323 e. The third-order valence-corrected chi connectivity index (χ3v) is 10.4. The van der Waals surface area contributed by atoms with Crippen LogP contribution in [-0.4, -0.2) is 88.9 Å². The topological polar surface area (TPSA) is 223 Å². The fraction of sp³-hybridized carbons (Fsp3) is 0.564. The van der Waals surface area contributed by atoms with E-state index in [0.717, 1.165) is 11.1 Å². The molecule has 1 saturated heterocycles. The molecule has 4 unspecified atom stereocenters. The summed E-state index contributed by atoms with van der Waals surface area (Å²) in [6.45, 7) is 5.20. The van der Waals surface area contributed by atoms with E-state index in [9.17, 15) is 29.1 Å². The molecule has 2 aromatic rings. The summed E-state index contributed by atoms with van der Waals surface area (Å²) in [6.07, 6.45) is 4.50. The molecule has 4 rings (SSSR count).